The quantitative estimate of drug-likeness (QED) is 0.519. The average Bonchev–Trinajstić information content (AvgIpc) is 3.50. The first-order chi connectivity index (χ1) is 14.6. The van der Waals surface area contributed by atoms with E-state index in [9.17, 15) is 9.18 Å². The second-order valence-corrected chi connectivity index (χ2v) is 7.54. The van der Waals surface area contributed by atoms with Gasteiger partial charge in [0.15, 0.2) is 0 Å². The fraction of sp³-hybridized carbons (Fsp3) is 0.217. The third-order valence-electron chi connectivity index (χ3n) is 5.24. The first-order valence-electron chi connectivity index (χ1n) is 9.88. The first-order valence-corrected chi connectivity index (χ1v) is 9.88. The SMILES string of the molecule is CC(NC(=O)c1cc(C2CC2)nc2ccccc12)c1nc(-c2ccc(F)cc2)no1. The molecular weight excluding hydrogens is 383 g/mol. The number of carbonyl (C=O) groups is 1. The van der Waals surface area contributed by atoms with E-state index in [0.717, 1.165) is 29.4 Å². The zero-order valence-corrected chi connectivity index (χ0v) is 16.3. The number of pyridine rings is 1. The number of nitrogens with one attached hydrogen (secondary N) is 1. The minimum Gasteiger partial charge on any atom is -0.340 e. The topological polar surface area (TPSA) is 80.9 Å². The Morgan fingerprint density at radius 2 is 1.90 bits per heavy atom. The molecule has 1 N–H and O–H groups in total. The van der Waals surface area contributed by atoms with Gasteiger partial charge >= 0.3 is 0 Å². The fourth-order valence-electron chi connectivity index (χ4n) is 3.44. The molecule has 1 atom stereocenters. The van der Waals surface area contributed by atoms with Crippen molar-refractivity contribution in [2.45, 2.75) is 31.7 Å². The highest BCUT2D eigenvalue weighted by atomic mass is 19.1. The summed E-state index contributed by atoms with van der Waals surface area (Å²) in [5.41, 5.74) is 3.01. The maximum absolute atomic E-state index is 13.1. The highest BCUT2D eigenvalue weighted by Crippen LogP contribution is 2.40. The molecule has 2 aromatic carbocycles. The molecule has 0 spiro atoms. The lowest BCUT2D eigenvalue weighted by Crippen LogP contribution is -2.27. The second-order valence-electron chi connectivity index (χ2n) is 7.54. The van der Waals surface area contributed by atoms with Gasteiger partial charge in [-0.1, -0.05) is 23.4 Å². The normalized spacial score (nSPS) is 14.6. The van der Waals surface area contributed by atoms with Crippen molar-refractivity contribution in [1.29, 1.82) is 0 Å². The summed E-state index contributed by atoms with van der Waals surface area (Å²) in [7, 11) is 0. The number of fused-ring (bicyclic) bond motifs is 1. The van der Waals surface area contributed by atoms with E-state index in [-0.39, 0.29) is 17.6 Å². The molecule has 0 radical (unpaired) electrons. The molecule has 2 heterocycles. The van der Waals surface area contributed by atoms with E-state index >= 15 is 0 Å². The van der Waals surface area contributed by atoms with Crippen molar-refractivity contribution in [2.75, 3.05) is 0 Å². The Morgan fingerprint density at radius 3 is 2.67 bits per heavy atom. The number of aromatic nitrogens is 3. The molecule has 0 saturated heterocycles. The first kappa shape index (κ1) is 18.4. The molecule has 6 nitrogen and oxygen atoms in total. The maximum atomic E-state index is 13.1. The Bertz CT molecular complexity index is 1230. The van der Waals surface area contributed by atoms with E-state index < -0.39 is 6.04 Å². The van der Waals surface area contributed by atoms with Crippen LogP contribution in [0, 0.1) is 5.82 Å². The van der Waals surface area contributed by atoms with Crippen LogP contribution in [0.15, 0.2) is 59.1 Å². The van der Waals surface area contributed by atoms with Gasteiger partial charge in [0.05, 0.1) is 11.1 Å². The van der Waals surface area contributed by atoms with Gasteiger partial charge < -0.3 is 9.84 Å². The summed E-state index contributed by atoms with van der Waals surface area (Å²) in [5, 5.41) is 7.69. The van der Waals surface area contributed by atoms with Gasteiger partial charge in [-0.2, -0.15) is 4.98 Å². The second kappa shape index (κ2) is 7.33. The molecule has 1 unspecified atom stereocenters. The number of hydrogen-bond acceptors (Lipinski definition) is 5. The Balaban J connectivity index is 1.40. The molecule has 5 rings (SSSR count). The van der Waals surface area contributed by atoms with Gasteiger partial charge in [0.2, 0.25) is 11.7 Å². The number of nitrogens with zero attached hydrogens (tertiary/aromatic N) is 3. The smallest absolute Gasteiger partial charge is 0.252 e. The van der Waals surface area contributed by atoms with Crippen molar-refractivity contribution >= 4 is 16.8 Å². The fourth-order valence-corrected chi connectivity index (χ4v) is 3.44. The molecule has 0 aliphatic heterocycles. The standard InChI is InChI=1S/C23H19FN4O2/c1-13(23-27-21(28-30-23)15-8-10-16(24)11-9-15)25-22(29)18-12-20(14-6-7-14)26-19-5-3-2-4-17(18)19/h2-5,8-14H,6-7H2,1H3,(H,25,29). The monoisotopic (exact) mass is 402 g/mol. The van der Waals surface area contributed by atoms with E-state index in [1.54, 1.807) is 19.1 Å². The molecule has 1 fully saturated rings. The number of carbonyl (C=O) groups excluding carboxylic acids is 1. The molecule has 0 bridgehead atoms. The molecule has 150 valence electrons. The molecule has 30 heavy (non-hydrogen) atoms. The van der Waals surface area contributed by atoms with Gasteiger partial charge in [-0.15, -0.1) is 0 Å². The summed E-state index contributed by atoms with van der Waals surface area (Å²) in [4.78, 5) is 22.1. The number of rotatable bonds is 5. The molecule has 2 aromatic heterocycles. The van der Waals surface area contributed by atoms with Crippen molar-refractivity contribution in [3.05, 3.63) is 77.6 Å². The van der Waals surface area contributed by atoms with Crippen LogP contribution >= 0.6 is 0 Å². The number of amides is 1. The highest BCUT2D eigenvalue weighted by molar-refractivity contribution is 6.06. The van der Waals surface area contributed by atoms with Crippen LogP contribution in [0.5, 0.6) is 0 Å². The van der Waals surface area contributed by atoms with E-state index in [1.807, 2.05) is 30.3 Å². The van der Waals surface area contributed by atoms with Gasteiger partial charge in [-0.3, -0.25) is 9.78 Å². The lowest BCUT2D eigenvalue weighted by atomic mass is 10.0. The zero-order chi connectivity index (χ0) is 20.7. The van der Waals surface area contributed by atoms with E-state index in [0.29, 0.717) is 22.9 Å². The third-order valence-corrected chi connectivity index (χ3v) is 5.24. The molecular formula is C23H19FN4O2. The number of hydrogen-bond donors (Lipinski definition) is 1. The summed E-state index contributed by atoms with van der Waals surface area (Å²) in [5.74, 6) is 0.510. The summed E-state index contributed by atoms with van der Waals surface area (Å²) in [6, 6.07) is 14.9. The lowest BCUT2D eigenvalue weighted by molar-refractivity contribution is 0.0934. The van der Waals surface area contributed by atoms with Gasteiger partial charge in [-0.05, 0) is 56.2 Å². The van der Waals surface area contributed by atoms with E-state index in [4.69, 9.17) is 9.51 Å². The van der Waals surface area contributed by atoms with Crippen LogP contribution in [0.3, 0.4) is 0 Å². The summed E-state index contributed by atoms with van der Waals surface area (Å²) >= 11 is 0. The van der Waals surface area contributed by atoms with Crippen LogP contribution in [-0.4, -0.2) is 21.0 Å². The van der Waals surface area contributed by atoms with Crippen molar-refractivity contribution in [2.24, 2.45) is 0 Å². The molecule has 4 aromatic rings. The van der Waals surface area contributed by atoms with Crippen LogP contribution in [-0.2, 0) is 0 Å². The lowest BCUT2D eigenvalue weighted by Gasteiger charge is -2.12. The predicted octanol–water partition coefficient (Wildman–Crippen LogP) is 4.79. The Morgan fingerprint density at radius 1 is 1.13 bits per heavy atom. The van der Waals surface area contributed by atoms with Gasteiger partial charge in [0, 0.05) is 22.6 Å². The summed E-state index contributed by atoms with van der Waals surface area (Å²) in [6.07, 6.45) is 2.22. The maximum Gasteiger partial charge on any atom is 0.252 e. The van der Waals surface area contributed by atoms with Gasteiger partial charge in [0.25, 0.3) is 5.91 Å². The Hall–Kier alpha value is -3.61. The summed E-state index contributed by atoms with van der Waals surface area (Å²) < 4.78 is 18.4. The van der Waals surface area contributed by atoms with E-state index in [1.165, 1.54) is 12.1 Å². The van der Waals surface area contributed by atoms with Crippen LogP contribution in [0.4, 0.5) is 4.39 Å². The van der Waals surface area contributed by atoms with Crippen molar-refractivity contribution < 1.29 is 13.7 Å². The predicted molar refractivity (Wildman–Crippen MR) is 109 cm³/mol. The van der Waals surface area contributed by atoms with Gasteiger partial charge in [0.1, 0.15) is 11.9 Å². The average molecular weight is 402 g/mol. The number of halogens is 1. The highest BCUT2D eigenvalue weighted by Gasteiger charge is 2.27. The Labute approximate surface area is 172 Å². The van der Waals surface area contributed by atoms with Crippen LogP contribution in [0.25, 0.3) is 22.3 Å². The largest absolute Gasteiger partial charge is 0.340 e. The number of benzene rings is 2. The molecule has 1 saturated carbocycles. The van der Waals surface area contributed by atoms with Gasteiger partial charge in [-0.25, -0.2) is 4.39 Å². The Kier molecular flexibility index (Phi) is 4.50. The minimum atomic E-state index is -0.490. The van der Waals surface area contributed by atoms with Crippen molar-refractivity contribution in [1.82, 2.24) is 20.4 Å². The molecule has 1 aliphatic rings. The summed E-state index contributed by atoms with van der Waals surface area (Å²) in [6.45, 7) is 1.78. The third kappa shape index (κ3) is 3.54. The van der Waals surface area contributed by atoms with Crippen molar-refractivity contribution in [3.63, 3.8) is 0 Å². The number of para-hydroxylation sites is 1. The van der Waals surface area contributed by atoms with Crippen LogP contribution in [0.2, 0.25) is 0 Å². The van der Waals surface area contributed by atoms with Crippen molar-refractivity contribution in [3.8, 4) is 11.4 Å². The van der Waals surface area contributed by atoms with E-state index in [2.05, 4.69) is 15.5 Å². The zero-order valence-electron chi connectivity index (χ0n) is 16.3. The minimum absolute atomic E-state index is 0.218. The van der Waals surface area contributed by atoms with Crippen LogP contribution < -0.4 is 5.32 Å². The van der Waals surface area contributed by atoms with Crippen LogP contribution in [0.1, 0.15) is 53.7 Å². The molecule has 1 aliphatic carbocycles. The molecule has 1 amide bonds. The molecule has 7 heteroatoms.